The van der Waals surface area contributed by atoms with E-state index in [2.05, 4.69) is 5.32 Å². The Labute approximate surface area is 122 Å². The average Bonchev–Trinajstić information content (AvgIpc) is 2.43. The van der Waals surface area contributed by atoms with E-state index in [-0.39, 0.29) is 12.4 Å². The standard InChI is InChI=1S/C12H22N2O3Si.ClH/c1-15-18(16-2,17-3)12-7-5-4-6-11(12)10-14-9-8-13;/h4-7,14H,8-10,13H2,1-3H3;1H. The van der Waals surface area contributed by atoms with Crippen LogP contribution in [0.15, 0.2) is 24.3 Å². The van der Waals surface area contributed by atoms with Gasteiger partial charge in [-0.3, -0.25) is 0 Å². The van der Waals surface area contributed by atoms with E-state index < -0.39 is 8.80 Å². The van der Waals surface area contributed by atoms with Crippen molar-refractivity contribution in [3.8, 4) is 0 Å². The van der Waals surface area contributed by atoms with Crippen molar-refractivity contribution < 1.29 is 13.3 Å². The molecule has 7 heteroatoms. The lowest BCUT2D eigenvalue weighted by atomic mass is 10.2. The predicted molar refractivity (Wildman–Crippen MR) is 80.9 cm³/mol. The Morgan fingerprint density at radius 2 is 1.68 bits per heavy atom. The van der Waals surface area contributed by atoms with Crippen molar-refractivity contribution in [1.82, 2.24) is 5.32 Å². The van der Waals surface area contributed by atoms with Crippen LogP contribution in [0.1, 0.15) is 5.56 Å². The number of benzene rings is 1. The van der Waals surface area contributed by atoms with Crippen molar-refractivity contribution >= 4 is 26.4 Å². The van der Waals surface area contributed by atoms with Crippen LogP contribution < -0.4 is 16.2 Å². The molecule has 110 valence electrons. The number of nitrogens with one attached hydrogen (secondary N) is 1. The summed E-state index contributed by atoms with van der Waals surface area (Å²) in [5.41, 5.74) is 6.58. The maximum atomic E-state index is 5.51. The zero-order valence-corrected chi connectivity index (χ0v) is 13.5. The maximum absolute atomic E-state index is 5.51. The van der Waals surface area contributed by atoms with E-state index in [0.717, 1.165) is 23.8 Å². The molecule has 1 rings (SSSR count). The second-order valence-corrected chi connectivity index (χ2v) is 6.67. The molecule has 5 nitrogen and oxygen atoms in total. The Balaban J connectivity index is 0.00000324. The molecule has 0 aliphatic rings. The highest BCUT2D eigenvalue weighted by Gasteiger charge is 2.42. The predicted octanol–water partition coefficient (Wildman–Crippen LogP) is 0.242. The van der Waals surface area contributed by atoms with E-state index in [1.165, 1.54) is 0 Å². The van der Waals surface area contributed by atoms with Gasteiger partial charge in [0.15, 0.2) is 0 Å². The molecule has 3 N–H and O–H groups in total. The van der Waals surface area contributed by atoms with E-state index in [4.69, 9.17) is 19.0 Å². The van der Waals surface area contributed by atoms with Crippen molar-refractivity contribution in [2.45, 2.75) is 6.54 Å². The van der Waals surface area contributed by atoms with Crippen LogP contribution in [0.25, 0.3) is 0 Å². The Kier molecular flexibility index (Phi) is 9.20. The van der Waals surface area contributed by atoms with Gasteiger partial charge in [0.25, 0.3) is 0 Å². The van der Waals surface area contributed by atoms with E-state index in [1.807, 2.05) is 24.3 Å². The Morgan fingerprint density at radius 1 is 1.11 bits per heavy atom. The molecule has 0 amide bonds. The van der Waals surface area contributed by atoms with Crippen molar-refractivity contribution in [3.63, 3.8) is 0 Å². The first-order chi connectivity index (χ1) is 8.74. The van der Waals surface area contributed by atoms with Crippen molar-refractivity contribution in [1.29, 1.82) is 0 Å². The Hall–Kier alpha value is -0.473. The number of hydrogen-bond acceptors (Lipinski definition) is 5. The molecule has 0 saturated heterocycles. The Bertz CT molecular complexity index is 356. The summed E-state index contributed by atoms with van der Waals surface area (Å²) >= 11 is 0. The van der Waals surface area contributed by atoms with E-state index >= 15 is 0 Å². The van der Waals surface area contributed by atoms with Gasteiger partial charge in [-0.2, -0.15) is 0 Å². The minimum atomic E-state index is -2.77. The van der Waals surface area contributed by atoms with Gasteiger partial charge >= 0.3 is 8.80 Å². The van der Waals surface area contributed by atoms with Gasteiger partial charge in [-0.05, 0) is 5.56 Å². The highest BCUT2D eigenvalue weighted by atomic mass is 35.5. The lowest BCUT2D eigenvalue weighted by Gasteiger charge is -2.26. The summed E-state index contributed by atoms with van der Waals surface area (Å²) in [6.07, 6.45) is 0. The number of halogens is 1. The van der Waals surface area contributed by atoms with E-state index in [0.29, 0.717) is 6.54 Å². The van der Waals surface area contributed by atoms with Gasteiger partial charge in [-0.1, -0.05) is 24.3 Å². The highest BCUT2D eigenvalue weighted by Crippen LogP contribution is 2.10. The van der Waals surface area contributed by atoms with Gasteiger partial charge in [0.05, 0.1) is 0 Å². The highest BCUT2D eigenvalue weighted by molar-refractivity contribution is 6.75. The van der Waals surface area contributed by atoms with Gasteiger partial charge in [-0.15, -0.1) is 12.4 Å². The molecule has 0 aliphatic carbocycles. The molecule has 0 aromatic heterocycles. The number of rotatable bonds is 8. The van der Waals surface area contributed by atoms with Gasteiger partial charge in [0, 0.05) is 46.2 Å². The first-order valence-corrected chi connectivity index (χ1v) is 7.61. The zero-order chi connectivity index (χ0) is 13.4. The van der Waals surface area contributed by atoms with Crippen LogP contribution >= 0.6 is 12.4 Å². The summed E-state index contributed by atoms with van der Waals surface area (Å²) in [5.74, 6) is 0. The Morgan fingerprint density at radius 3 is 2.21 bits per heavy atom. The summed E-state index contributed by atoms with van der Waals surface area (Å²) in [4.78, 5) is 0. The molecule has 0 heterocycles. The summed E-state index contributed by atoms with van der Waals surface area (Å²) in [7, 11) is 2.07. The summed E-state index contributed by atoms with van der Waals surface area (Å²) in [5, 5.41) is 4.25. The normalized spacial score (nSPS) is 11.2. The second-order valence-electron chi connectivity index (χ2n) is 3.79. The van der Waals surface area contributed by atoms with Gasteiger partial charge < -0.3 is 24.3 Å². The fourth-order valence-electron chi connectivity index (χ4n) is 1.88. The third-order valence-electron chi connectivity index (χ3n) is 2.79. The quantitative estimate of drug-likeness (QED) is 0.532. The maximum Gasteiger partial charge on any atom is 0.536 e. The monoisotopic (exact) mass is 306 g/mol. The average molecular weight is 307 g/mol. The van der Waals surface area contributed by atoms with Crippen LogP contribution in [0.3, 0.4) is 0 Å². The summed E-state index contributed by atoms with van der Waals surface area (Å²) in [6, 6.07) is 7.98. The molecule has 1 aromatic rings. The molecule has 0 unspecified atom stereocenters. The molecular formula is C12H23ClN2O3Si. The molecular weight excluding hydrogens is 284 g/mol. The van der Waals surface area contributed by atoms with Crippen LogP contribution in [0.4, 0.5) is 0 Å². The summed E-state index contributed by atoms with van der Waals surface area (Å²) < 4.78 is 16.5. The minimum Gasteiger partial charge on any atom is -0.373 e. The minimum absolute atomic E-state index is 0. The summed E-state index contributed by atoms with van der Waals surface area (Å²) in [6.45, 7) is 2.11. The molecule has 0 fully saturated rings. The largest absolute Gasteiger partial charge is 0.536 e. The number of nitrogens with two attached hydrogens (primary N) is 1. The van der Waals surface area contributed by atoms with Crippen LogP contribution in [0.2, 0.25) is 0 Å². The molecule has 0 bridgehead atoms. The van der Waals surface area contributed by atoms with Crippen LogP contribution in [0.5, 0.6) is 0 Å². The first kappa shape index (κ1) is 18.5. The zero-order valence-electron chi connectivity index (χ0n) is 11.6. The van der Waals surface area contributed by atoms with Crippen molar-refractivity contribution in [2.24, 2.45) is 5.73 Å². The molecule has 1 aromatic carbocycles. The fraction of sp³-hybridized carbons (Fsp3) is 0.500. The first-order valence-electron chi connectivity index (χ1n) is 5.88. The van der Waals surface area contributed by atoms with Crippen LogP contribution in [-0.4, -0.2) is 43.2 Å². The molecule has 0 aliphatic heterocycles. The molecule has 0 atom stereocenters. The van der Waals surface area contributed by atoms with Crippen molar-refractivity contribution in [3.05, 3.63) is 29.8 Å². The SMILES string of the molecule is CO[Si](OC)(OC)c1ccccc1CNCCN.Cl. The van der Waals surface area contributed by atoms with Gasteiger partial charge in [-0.25, -0.2) is 0 Å². The van der Waals surface area contributed by atoms with Gasteiger partial charge in [0.2, 0.25) is 0 Å². The van der Waals surface area contributed by atoms with Crippen molar-refractivity contribution in [2.75, 3.05) is 34.4 Å². The lowest BCUT2D eigenvalue weighted by Crippen LogP contribution is -2.56. The topological polar surface area (TPSA) is 65.7 Å². The third-order valence-corrected chi connectivity index (χ3v) is 5.55. The lowest BCUT2D eigenvalue weighted by molar-refractivity contribution is 0.140. The van der Waals surface area contributed by atoms with E-state index in [1.54, 1.807) is 21.3 Å². The molecule has 0 spiro atoms. The van der Waals surface area contributed by atoms with Crippen LogP contribution in [-0.2, 0) is 19.8 Å². The second kappa shape index (κ2) is 9.43. The molecule has 19 heavy (non-hydrogen) atoms. The van der Waals surface area contributed by atoms with Gasteiger partial charge in [0.1, 0.15) is 0 Å². The van der Waals surface area contributed by atoms with Crippen LogP contribution in [0, 0.1) is 0 Å². The third kappa shape index (κ3) is 4.53. The smallest absolute Gasteiger partial charge is 0.373 e. The van der Waals surface area contributed by atoms with E-state index in [9.17, 15) is 0 Å². The molecule has 0 saturated carbocycles. The molecule has 0 radical (unpaired) electrons. The fourth-order valence-corrected chi connectivity index (χ4v) is 3.90. The number of hydrogen-bond donors (Lipinski definition) is 2.